The van der Waals surface area contributed by atoms with Gasteiger partial charge in [-0.05, 0) is 29.8 Å². The number of ether oxygens (including phenoxy) is 1. The molecule has 7 nitrogen and oxygen atoms in total. The summed E-state index contributed by atoms with van der Waals surface area (Å²) in [5, 5.41) is 7.62. The first-order valence-corrected chi connectivity index (χ1v) is 8.69. The van der Waals surface area contributed by atoms with Crippen LogP contribution in [0.15, 0.2) is 52.5 Å². The molecule has 0 saturated carbocycles. The molecule has 8 heteroatoms. The number of amides is 2. The van der Waals surface area contributed by atoms with Crippen LogP contribution in [-0.2, 0) is 22.6 Å². The number of carbonyl (C=O) groups is 2. The second-order valence-electron chi connectivity index (χ2n) is 5.43. The molecular formula is C18H17N3O4S. The molecule has 2 amide bonds. The highest BCUT2D eigenvalue weighted by Crippen LogP contribution is 2.18. The van der Waals surface area contributed by atoms with Crippen molar-refractivity contribution in [2.24, 2.45) is 0 Å². The van der Waals surface area contributed by atoms with Crippen LogP contribution in [0.1, 0.15) is 21.8 Å². The van der Waals surface area contributed by atoms with Gasteiger partial charge in [-0.1, -0.05) is 12.1 Å². The Labute approximate surface area is 154 Å². The molecule has 0 bridgehead atoms. The number of nitrogens with zero attached hydrogens (tertiary/aromatic N) is 1. The van der Waals surface area contributed by atoms with E-state index in [9.17, 15) is 9.59 Å². The van der Waals surface area contributed by atoms with E-state index in [1.807, 2.05) is 24.3 Å². The monoisotopic (exact) mass is 371 g/mol. The molecule has 26 heavy (non-hydrogen) atoms. The molecule has 0 unspecified atom stereocenters. The zero-order valence-electron chi connectivity index (χ0n) is 14.0. The number of aromatic nitrogens is 1. The normalized spacial score (nSPS) is 10.5. The van der Waals surface area contributed by atoms with Gasteiger partial charge in [-0.15, -0.1) is 11.3 Å². The minimum absolute atomic E-state index is 0.113. The molecule has 134 valence electrons. The summed E-state index contributed by atoms with van der Waals surface area (Å²) in [7, 11) is 1.62. The largest absolute Gasteiger partial charge is 0.459 e. The fourth-order valence-corrected chi connectivity index (χ4v) is 2.99. The van der Waals surface area contributed by atoms with Gasteiger partial charge in [0.1, 0.15) is 0 Å². The number of hydrogen-bond donors (Lipinski definition) is 2. The molecule has 0 aliphatic heterocycles. The minimum atomic E-state index is -0.379. The Hall–Kier alpha value is -2.97. The molecule has 3 rings (SSSR count). The van der Waals surface area contributed by atoms with E-state index in [0.717, 1.165) is 5.56 Å². The van der Waals surface area contributed by atoms with E-state index in [0.29, 0.717) is 23.1 Å². The molecule has 1 aromatic carbocycles. The molecule has 2 N–H and O–H groups in total. The Morgan fingerprint density at radius 3 is 2.88 bits per heavy atom. The number of rotatable bonds is 7. The highest BCUT2D eigenvalue weighted by Gasteiger charge is 2.13. The number of benzene rings is 1. The Morgan fingerprint density at radius 2 is 2.12 bits per heavy atom. The smallest absolute Gasteiger partial charge is 0.293 e. The number of thiazole rings is 1. The van der Waals surface area contributed by atoms with Crippen LogP contribution in [0, 0.1) is 0 Å². The number of anilines is 2. The minimum Gasteiger partial charge on any atom is -0.459 e. The summed E-state index contributed by atoms with van der Waals surface area (Å²) in [6.45, 7) is 0.481. The maximum atomic E-state index is 12.2. The number of nitrogens with one attached hydrogen (secondary N) is 2. The third-order valence-corrected chi connectivity index (χ3v) is 4.19. The highest BCUT2D eigenvalue weighted by atomic mass is 32.1. The molecule has 2 aromatic heterocycles. The Balaban J connectivity index is 1.56. The second-order valence-corrected chi connectivity index (χ2v) is 6.29. The van der Waals surface area contributed by atoms with Gasteiger partial charge >= 0.3 is 0 Å². The molecule has 3 aromatic rings. The van der Waals surface area contributed by atoms with E-state index >= 15 is 0 Å². The average molecular weight is 371 g/mol. The van der Waals surface area contributed by atoms with Gasteiger partial charge in [-0.2, -0.15) is 0 Å². The van der Waals surface area contributed by atoms with Gasteiger partial charge < -0.3 is 14.5 Å². The van der Waals surface area contributed by atoms with Crippen molar-refractivity contribution in [3.05, 3.63) is 65.1 Å². The van der Waals surface area contributed by atoms with Crippen LogP contribution in [0.25, 0.3) is 0 Å². The lowest BCUT2D eigenvalue weighted by molar-refractivity contribution is -0.115. The molecule has 2 heterocycles. The molecular weight excluding hydrogens is 354 g/mol. The van der Waals surface area contributed by atoms with Gasteiger partial charge in [0.2, 0.25) is 5.91 Å². The predicted molar refractivity (Wildman–Crippen MR) is 98.3 cm³/mol. The first kappa shape index (κ1) is 17.8. The first-order valence-electron chi connectivity index (χ1n) is 7.81. The van der Waals surface area contributed by atoms with Crippen molar-refractivity contribution in [1.82, 2.24) is 4.98 Å². The van der Waals surface area contributed by atoms with Crippen molar-refractivity contribution in [1.29, 1.82) is 0 Å². The van der Waals surface area contributed by atoms with Crippen molar-refractivity contribution in [2.75, 3.05) is 17.7 Å². The molecule has 0 aliphatic rings. The Kier molecular flexibility index (Phi) is 5.77. The van der Waals surface area contributed by atoms with Crippen LogP contribution in [0.5, 0.6) is 0 Å². The average Bonchev–Trinajstić information content (AvgIpc) is 3.27. The Bertz CT molecular complexity index is 889. The summed E-state index contributed by atoms with van der Waals surface area (Å²) in [5.74, 6) is -0.362. The fourth-order valence-electron chi connectivity index (χ4n) is 2.29. The van der Waals surface area contributed by atoms with Crippen LogP contribution in [0.2, 0.25) is 0 Å². The van der Waals surface area contributed by atoms with Gasteiger partial charge in [0.15, 0.2) is 10.9 Å². The van der Waals surface area contributed by atoms with Gasteiger partial charge in [0.05, 0.1) is 25.0 Å². The summed E-state index contributed by atoms with van der Waals surface area (Å²) >= 11 is 1.25. The molecule has 0 atom stereocenters. The van der Waals surface area contributed by atoms with Crippen molar-refractivity contribution < 1.29 is 18.7 Å². The van der Waals surface area contributed by atoms with Crippen LogP contribution in [0.4, 0.5) is 10.8 Å². The van der Waals surface area contributed by atoms with Crippen LogP contribution in [-0.4, -0.2) is 23.9 Å². The summed E-state index contributed by atoms with van der Waals surface area (Å²) in [5.41, 5.74) is 2.25. The number of methoxy groups -OCH3 is 1. The SMILES string of the molecule is COCc1cccc(NC(=O)Cc2csc(NC(=O)c3ccco3)n2)c1. The zero-order chi connectivity index (χ0) is 18.4. The quantitative estimate of drug-likeness (QED) is 0.664. The maximum absolute atomic E-state index is 12.2. The third-order valence-electron chi connectivity index (χ3n) is 3.38. The van der Waals surface area contributed by atoms with E-state index < -0.39 is 0 Å². The van der Waals surface area contributed by atoms with E-state index in [4.69, 9.17) is 9.15 Å². The summed E-state index contributed by atoms with van der Waals surface area (Å²) in [4.78, 5) is 28.3. The van der Waals surface area contributed by atoms with E-state index in [-0.39, 0.29) is 24.0 Å². The lowest BCUT2D eigenvalue weighted by Crippen LogP contribution is -2.15. The van der Waals surface area contributed by atoms with Crippen molar-refractivity contribution in [3.63, 3.8) is 0 Å². The molecule has 0 fully saturated rings. The number of hydrogen-bond acceptors (Lipinski definition) is 6. The molecule has 0 saturated heterocycles. The summed E-state index contributed by atoms with van der Waals surface area (Å²) < 4.78 is 10.1. The van der Waals surface area contributed by atoms with Gasteiger partial charge in [-0.25, -0.2) is 4.98 Å². The predicted octanol–water partition coefficient (Wildman–Crippen LogP) is 3.32. The molecule has 0 aliphatic carbocycles. The standard InChI is InChI=1S/C18H17N3O4S/c1-24-10-12-4-2-5-13(8-12)19-16(22)9-14-11-26-18(20-14)21-17(23)15-6-3-7-25-15/h2-8,11H,9-10H2,1H3,(H,19,22)(H,20,21,23). The fraction of sp³-hybridized carbons (Fsp3) is 0.167. The van der Waals surface area contributed by atoms with Crippen molar-refractivity contribution in [2.45, 2.75) is 13.0 Å². The van der Waals surface area contributed by atoms with Crippen LogP contribution >= 0.6 is 11.3 Å². The summed E-state index contributed by atoms with van der Waals surface area (Å²) in [6.07, 6.45) is 1.54. The molecule has 0 spiro atoms. The van der Waals surface area contributed by atoms with Gasteiger partial charge in [0.25, 0.3) is 5.91 Å². The van der Waals surface area contributed by atoms with Crippen LogP contribution < -0.4 is 10.6 Å². The number of carbonyl (C=O) groups excluding carboxylic acids is 2. The van der Waals surface area contributed by atoms with E-state index in [2.05, 4.69) is 15.6 Å². The lowest BCUT2D eigenvalue weighted by Gasteiger charge is -2.06. The zero-order valence-corrected chi connectivity index (χ0v) is 14.8. The maximum Gasteiger partial charge on any atom is 0.293 e. The van der Waals surface area contributed by atoms with Gasteiger partial charge in [0, 0.05) is 18.2 Å². The highest BCUT2D eigenvalue weighted by molar-refractivity contribution is 7.14. The topological polar surface area (TPSA) is 93.5 Å². The number of furan rings is 1. The van der Waals surface area contributed by atoms with Gasteiger partial charge in [-0.3, -0.25) is 14.9 Å². The first-order chi connectivity index (χ1) is 12.6. The van der Waals surface area contributed by atoms with Crippen molar-refractivity contribution >= 4 is 34.0 Å². The van der Waals surface area contributed by atoms with Crippen molar-refractivity contribution in [3.8, 4) is 0 Å². The molecule has 0 radical (unpaired) electrons. The second kappa shape index (κ2) is 8.41. The Morgan fingerprint density at radius 1 is 1.23 bits per heavy atom. The van der Waals surface area contributed by atoms with E-state index in [1.165, 1.54) is 17.6 Å². The third kappa shape index (κ3) is 4.78. The van der Waals surface area contributed by atoms with E-state index in [1.54, 1.807) is 24.6 Å². The lowest BCUT2D eigenvalue weighted by atomic mass is 10.2. The summed E-state index contributed by atoms with van der Waals surface area (Å²) in [6, 6.07) is 10.6. The van der Waals surface area contributed by atoms with Crippen LogP contribution in [0.3, 0.4) is 0 Å².